The van der Waals surface area contributed by atoms with Gasteiger partial charge in [-0.15, -0.1) is 0 Å². The van der Waals surface area contributed by atoms with Crippen LogP contribution in [0.1, 0.15) is 26.5 Å². The third kappa shape index (κ3) is 4.63. The molecule has 0 atom stereocenters. The highest BCUT2D eigenvalue weighted by Gasteiger charge is 2.10. The summed E-state index contributed by atoms with van der Waals surface area (Å²) >= 11 is 0. The Balaban J connectivity index is 2.77. The predicted molar refractivity (Wildman–Crippen MR) is 76.0 cm³/mol. The smallest absolute Gasteiger partial charge is 0.0637 e. The van der Waals surface area contributed by atoms with Crippen molar-refractivity contribution in [1.82, 2.24) is 10.3 Å². The van der Waals surface area contributed by atoms with Crippen molar-refractivity contribution in [3.05, 3.63) is 24.0 Å². The Labute approximate surface area is 110 Å². The first-order valence-corrected chi connectivity index (χ1v) is 6.60. The van der Waals surface area contributed by atoms with E-state index >= 15 is 0 Å². The van der Waals surface area contributed by atoms with Crippen LogP contribution in [0.5, 0.6) is 0 Å². The minimum absolute atomic E-state index is 0.453. The number of aromatic nitrogens is 1. The van der Waals surface area contributed by atoms with E-state index in [0.29, 0.717) is 6.04 Å². The molecule has 0 unspecified atom stereocenters. The molecular weight excluding hydrogens is 226 g/mol. The van der Waals surface area contributed by atoms with Crippen LogP contribution in [-0.2, 0) is 11.3 Å². The molecule has 102 valence electrons. The third-order valence-corrected chi connectivity index (χ3v) is 2.85. The van der Waals surface area contributed by atoms with Crippen LogP contribution in [0.25, 0.3) is 0 Å². The second kappa shape index (κ2) is 8.06. The topological polar surface area (TPSA) is 37.4 Å². The van der Waals surface area contributed by atoms with Gasteiger partial charge in [0, 0.05) is 38.1 Å². The summed E-state index contributed by atoms with van der Waals surface area (Å²) in [5, 5.41) is 3.30. The Bertz CT molecular complexity index is 342. The van der Waals surface area contributed by atoms with E-state index in [2.05, 4.69) is 48.1 Å². The predicted octanol–water partition coefficient (Wildman–Crippen LogP) is 2.05. The molecule has 0 spiro atoms. The van der Waals surface area contributed by atoms with Crippen LogP contribution >= 0.6 is 0 Å². The molecule has 1 aromatic rings. The van der Waals surface area contributed by atoms with Crippen LogP contribution in [0.2, 0.25) is 0 Å². The number of anilines is 1. The first-order chi connectivity index (χ1) is 8.69. The molecule has 0 bridgehead atoms. The number of nitrogens with zero attached hydrogens (tertiary/aromatic N) is 2. The van der Waals surface area contributed by atoms with Crippen LogP contribution in [0.15, 0.2) is 18.3 Å². The summed E-state index contributed by atoms with van der Waals surface area (Å²) in [5.74, 6) is 0. The maximum absolute atomic E-state index is 5.17. The molecule has 0 radical (unpaired) electrons. The van der Waals surface area contributed by atoms with Crippen LogP contribution in [0.3, 0.4) is 0 Å². The Hall–Kier alpha value is -1.13. The van der Waals surface area contributed by atoms with Crippen molar-refractivity contribution in [1.29, 1.82) is 0 Å². The molecule has 0 saturated heterocycles. The molecule has 0 saturated carbocycles. The lowest BCUT2D eigenvalue weighted by molar-refractivity contribution is 0.204. The van der Waals surface area contributed by atoms with Crippen molar-refractivity contribution in [3.63, 3.8) is 0 Å². The normalized spacial score (nSPS) is 10.9. The highest BCUT2D eigenvalue weighted by Crippen LogP contribution is 2.17. The Morgan fingerprint density at radius 3 is 2.83 bits per heavy atom. The monoisotopic (exact) mass is 251 g/mol. The number of nitrogens with one attached hydrogen (secondary N) is 1. The molecule has 0 fully saturated rings. The standard InChI is InChI=1S/C14H25N3O/c1-5-15-11-13-10-14(6-7-16-13)17(12(2)3)8-9-18-4/h6-7,10,12,15H,5,8-9,11H2,1-4H3. The lowest BCUT2D eigenvalue weighted by Crippen LogP contribution is -2.34. The van der Waals surface area contributed by atoms with Crippen molar-refractivity contribution in [3.8, 4) is 0 Å². The van der Waals surface area contributed by atoms with Gasteiger partial charge in [-0.05, 0) is 32.5 Å². The second-order valence-corrected chi connectivity index (χ2v) is 4.57. The zero-order valence-electron chi connectivity index (χ0n) is 11.9. The molecule has 0 aliphatic heterocycles. The molecule has 4 heteroatoms. The van der Waals surface area contributed by atoms with Crippen molar-refractivity contribution in [2.24, 2.45) is 0 Å². The molecule has 1 rings (SSSR count). The fourth-order valence-corrected chi connectivity index (χ4v) is 1.87. The van der Waals surface area contributed by atoms with Gasteiger partial charge in [0.15, 0.2) is 0 Å². The molecule has 0 aliphatic rings. The van der Waals surface area contributed by atoms with E-state index in [1.807, 2.05) is 6.20 Å². The second-order valence-electron chi connectivity index (χ2n) is 4.57. The molecular formula is C14H25N3O. The van der Waals surface area contributed by atoms with E-state index in [1.54, 1.807) is 7.11 Å². The number of hydrogen-bond acceptors (Lipinski definition) is 4. The molecule has 4 nitrogen and oxygen atoms in total. The third-order valence-electron chi connectivity index (χ3n) is 2.85. The minimum atomic E-state index is 0.453. The number of hydrogen-bond donors (Lipinski definition) is 1. The quantitative estimate of drug-likeness (QED) is 0.767. The van der Waals surface area contributed by atoms with Crippen molar-refractivity contribution in [2.75, 3.05) is 31.7 Å². The largest absolute Gasteiger partial charge is 0.383 e. The molecule has 1 aromatic heterocycles. The van der Waals surface area contributed by atoms with E-state index in [0.717, 1.165) is 31.9 Å². The van der Waals surface area contributed by atoms with Gasteiger partial charge < -0.3 is 15.0 Å². The molecule has 0 amide bonds. The van der Waals surface area contributed by atoms with Gasteiger partial charge in [-0.2, -0.15) is 0 Å². The van der Waals surface area contributed by atoms with E-state index in [-0.39, 0.29) is 0 Å². The fraction of sp³-hybridized carbons (Fsp3) is 0.643. The maximum atomic E-state index is 5.17. The van der Waals surface area contributed by atoms with E-state index in [4.69, 9.17) is 4.74 Å². The van der Waals surface area contributed by atoms with Crippen LogP contribution < -0.4 is 10.2 Å². The average molecular weight is 251 g/mol. The van der Waals surface area contributed by atoms with Crippen molar-refractivity contribution in [2.45, 2.75) is 33.4 Å². The van der Waals surface area contributed by atoms with E-state index < -0.39 is 0 Å². The van der Waals surface area contributed by atoms with Gasteiger partial charge in [0.25, 0.3) is 0 Å². The van der Waals surface area contributed by atoms with Gasteiger partial charge in [-0.3, -0.25) is 4.98 Å². The molecule has 0 aliphatic carbocycles. The lowest BCUT2D eigenvalue weighted by atomic mass is 10.2. The first kappa shape index (κ1) is 14.9. The van der Waals surface area contributed by atoms with Crippen LogP contribution in [0.4, 0.5) is 5.69 Å². The number of ether oxygens (including phenoxy) is 1. The van der Waals surface area contributed by atoms with Gasteiger partial charge >= 0.3 is 0 Å². The first-order valence-electron chi connectivity index (χ1n) is 6.60. The van der Waals surface area contributed by atoms with Gasteiger partial charge in [0.1, 0.15) is 0 Å². The summed E-state index contributed by atoms with van der Waals surface area (Å²) < 4.78 is 5.17. The zero-order valence-corrected chi connectivity index (χ0v) is 11.9. The van der Waals surface area contributed by atoms with Crippen molar-refractivity contribution < 1.29 is 4.74 Å². The summed E-state index contributed by atoms with van der Waals surface area (Å²) in [5.41, 5.74) is 2.29. The molecule has 1 N–H and O–H groups in total. The summed E-state index contributed by atoms with van der Waals surface area (Å²) in [6, 6.07) is 4.67. The highest BCUT2D eigenvalue weighted by molar-refractivity contribution is 5.47. The zero-order chi connectivity index (χ0) is 13.4. The average Bonchev–Trinajstić information content (AvgIpc) is 2.37. The number of methoxy groups -OCH3 is 1. The van der Waals surface area contributed by atoms with Crippen LogP contribution in [0, 0.1) is 0 Å². The summed E-state index contributed by atoms with van der Waals surface area (Å²) in [7, 11) is 1.74. The number of pyridine rings is 1. The molecule has 1 heterocycles. The van der Waals surface area contributed by atoms with Gasteiger partial charge in [0.05, 0.1) is 12.3 Å². The lowest BCUT2D eigenvalue weighted by Gasteiger charge is -2.29. The molecule has 18 heavy (non-hydrogen) atoms. The summed E-state index contributed by atoms with van der Waals surface area (Å²) in [6.45, 7) is 9.91. The summed E-state index contributed by atoms with van der Waals surface area (Å²) in [4.78, 5) is 6.71. The van der Waals surface area contributed by atoms with Crippen LogP contribution in [-0.4, -0.2) is 37.8 Å². The van der Waals surface area contributed by atoms with Gasteiger partial charge in [-0.1, -0.05) is 6.92 Å². The minimum Gasteiger partial charge on any atom is -0.383 e. The Morgan fingerprint density at radius 1 is 1.44 bits per heavy atom. The fourth-order valence-electron chi connectivity index (χ4n) is 1.87. The molecule has 0 aromatic carbocycles. The Morgan fingerprint density at radius 2 is 2.22 bits per heavy atom. The van der Waals surface area contributed by atoms with E-state index in [1.165, 1.54) is 5.69 Å². The maximum Gasteiger partial charge on any atom is 0.0637 e. The Kier molecular flexibility index (Phi) is 6.68. The van der Waals surface area contributed by atoms with Gasteiger partial charge in [-0.25, -0.2) is 0 Å². The van der Waals surface area contributed by atoms with Crippen molar-refractivity contribution >= 4 is 5.69 Å². The van der Waals surface area contributed by atoms with E-state index in [9.17, 15) is 0 Å². The SMILES string of the molecule is CCNCc1cc(N(CCOC)C(C)C)ccn1. The van der Waals surface area contributed by atoms with Gasteiger partial charge in [0.2, 0.25) is 0 Å². The summed E-state index contributed by atoms with van der Waals surface area (Å²) in [6.07, 6.45) is 1.88. The number of rotatable bonds is 8. The highest BCUT2D eigenvalue weighted by atomic mass is 16.5.